The molecule has 0 amide bonds. The van der Waals surface area contributed by atoms with Gasteiger partial charge >= 0.3 is 0 Å². The minimum absolute atomic E-state index is 0. The molecule has 1 fully saturated rings. The summed E-state index contributed by atoms with van der Waals surface area (Å²) in [6.07, 6.45) is 0.813. The van der Waals surface area contributed by atoms with Crippen LogP contribution < -0.4 is 5.32 Å². The van der Waals surface area contributed by atoms with Gasteiger partial charge in [0.05, 0.1) is 0 Å². The van der Waals surface area contributed by atoms with E-state index in [4.69, 9.17) is 0 Å². The van der Waals surface area contributed by atoms with Crippen LogP contribution in [0.25, 0.3) is 0 Å². The number of halogens is 2. The van der Waals surface area contributed by atoms with Crippen LogP contribution in [0.1, 0.15) is 12.0 Å². The standard InChI is InChI=1S/C13H19FN2O2S.ClH/c1-10-3-4-13(12(14)7-10)19(17,18)16-6-5-11(9-16)8-15-2;/h3-4,7,11,15H,5-6,8-9H2,1-2H3;1H. The molecule has 1 aromatic rings. The lowest BCUT2D eigenvalue weighted by atomic mass is 10.1. The Bertz CT molecular complexity index is 565. The molecule has 7 heteroatoms. The van der Waals surface area contributed by atoms with Crippen molar-refractivity contribution in [2.75, 3.05) is 26.7 Å². The molecule has 1 heterocycles. The van der Waals surface area contributed by atoms with Crippen molar-refractivity contribution in [3.05, 3.63) is 29.6 Å². The molecule has 0 radical (unpaired) electrons. The average molecular weight is 323 g/mol. The van der Waals surface area contributed by atoms with Gasteiger partial charge in [0.25, 0.3) is 0 Å². The summed E-state index contributed by atoms with van der Waals surface area (Å²) in [5.74, 6) is -0.370. The number of nitrogens with one attached hydrogen (secondary N) is 1. The van der Waals surface area contributed by atoms with Crippen LogP contribution in [0.2, 0.25) is 0 Å². The number of aryl methyl sites for hydroxylation is 1. The topological polar surface area (TPSA) is 49.4 Å². The van der Waals surface area contributed by atoms with Gasteiger partial charge in [-0.2, -0.15) is 4.31 Å². The molecule has 2 rings (SSSR count). The maximum Gasteiger partial charge on any atom is 0.245 e. The van der Waals surface area contributed by atoms with Gasteiger partial charge in [0.1, 0.15) is 10.7 Å². The number of nitrogens with zero attached hydrogens (tertiary/aromatic N) is 1. The van der Waals surface area contributed by atoms with Crippen molar-refractivity contribution >= 4 is 22.4 Å². The van der Waals surface area contributed by atoms with E-state index in [0.29, 0.717) is 24.6 Å². The Hall–Kier alpha value is -0.690. The van der Waals surface area contributed by atoms with Gasteiger partial charge in [-0.1, -0.05) is 6.07 Å². The molecule has 20 heavy (non-hydrogen) atoms. The molecule has 1 atom stereocenters. The third kappa shape index (κ3) is 3.49. The third-order valence-electron chi connectivity index (χ3n) is 3.45. The molecule has 1 aliphatic rings. The monoisotopic (exact) mass is 322 g/mol. The van der Waals surface area contributed by atoms with Crippen LogP contribution in [0.15, 0.2) is 23.1 Å². The number of benzene rings is 1. The van der Waals surface area contributed by atoms with E-state index in [1.54, 1.807) is 13.0 Å². The summed E-state index contributed by atoms with van der Waals surface area (Å²) in [5, 5.41) is 3.04. The molecular weight excluding hydrogens is 303 g/mol. The third-order valence-corrected chi connectivity index (χ3v) is 5.34. The second kappa shape index (κ2) is 6.85. The average Bonchev–Trinajstić information content (AvgIpc) is 2.78. The van der Waals surface area contributed by atoms with E-state index in [1.807, 2.05) is 7.05 Å². The highest BCUT2D eigenvalue weighted by atomic mass is 35.5. The van der Waals surface area contributed by atoms with E-state index >= 15 is 0 Å². The van der Waals surface area contributed by atoms with Crippen LogP contribution in [-0.2, 0) is 10.0 Å². The molecule has 0 aromatic heterocycles. The fourth-order valence-electron chi connectivity index (χ4n) is 2.42. The van der Waals surface area contributed by atoms with Crippen molar-refractivity contribution in [3.63, 3.8) is 0 Å². The molecule has 4 nitrogen and oxygen atoms in total. The Morgan fingerprint density at radius 2 is 2.15 bits per heavy atom. The van der Waals surface area contributed by atoms with E-state index in [2.05, 4.69) is 5.32 Å². The minimum atomic E-state index is -3.71. The number of hydrogen-bond acceptors (Lipinski definition) is 3. The summed E-state index contributed by atoms with van der Waals surface area (Å²) in [4.78, 5) is -0.219. The Morgan fingerprint density at radius 3 is 2.75 bits per heavy atom. The quantitative estimate of drug-likeness (QED) is 0.919. The number of hydrogen-bond donors (Lipinski definition) is 1. The number of rotatable bonds is 4. The van der Waals surface area contributed by atoms with Gasteiger partial charge < -0.3 is 5.32 Å². The summed E-state index contributed by atoms with van der Waals surface area (Å²) in [7, 11) is -1.86. The van der Waals surface area contributed by atoms with Gasteiger partial charge in [-0.05, 0) is 50.6 Å². The first-order valence-electron chi connectivity index (χ1n) is 6.36. The van der Waals surface area contributed by atoms with Crippen LogP contribution in [0.3, 0.4) is 0 Å². The Balaban J connectivity index is 0.00000200. The molecule has 0 bridgehead atoms. The van der Waals surface area contributed by atoms with Crippen molar-refractivity contribution in [2.45, 2.75) is 18.2 Å². The number of sulfonamides is 1. The van der Waals surface area contributed by atoms with Crippen LogP contribution in [0.4, 0.5) is 4.39 Å². The Kier molecular flexibility index (Phi) is 5.94. The first-order valence-corrected chi connectivity index (χ1v) is 7.80. The molecule has 0 aliphatic carbocycles. The second-order valence-electron chi connectivity index (χ2n) is 5.01. The molecule has 0 spiro atoms. The SMILES string of the molecule is CNCC1CCN(S(=O)(=O)c2ccc(C)cc2F)C1.Cl. The Labute approximate surface area is 125 Å². The molecule has 1 unspecified atom stereocenters. The lowest BCUT2D eigenvalue weighted by Gasteiger charge is -2.17. The van der Waals surface area contributed by atoms with Gasteiger partial charge in [-0.25, -0.2) is 12.8 Å². The maximum atomic E-state index is 13.8. The molecule has 1 N–H and O–H groups in total. The van der Waals surface area contributed by atoms with Crippen LogP contribution >= 0.6 is 12.4 Å². The molecular formula is C13H20ClFN2O2S. The lowest BCUT2D eigenvalue weighted by molar-refractivity contribution is 0.446. The van der Waals surface area contributed by atoms with Crippen molar-refractivity contribution in [1.82, 2.24) is 9.62 Å². The predicted molar refractivity (Wildman–Crippen MR) is 79.2 cm³/mol. The van der Waals surface area contributed by atoms with E-state index in [1.165, 1.54) is 16.4 Å². The second-order valence-corrected chi connectivity index (χ2v) is 6.92. The van der Waals surface area contributed by atoms with Crippen LogP contribution in [-0.4, -0.2) is 39.4 Å². The van der Waals surface area contributed by atoms with Gasteiger partial charge in [0.2, 0.25) is 10.0 Å². The van der Waals surface area contributed by atoms with E-state index < -0.39 is 15.8 Å². The summed E-state index contributed by atoms with van der Waals surface area (Å²) in [6.45, 7) is 3.43. The van der Waals surface area contributed by atoms with Crippen LogP contribution in [0, 0.1) is 18.7 Å². The molecule has 114 valence electrons. The minimum Gasteiger partial charge on any atom is -0.319 e. The highest BCUT2D eigenvalue weighted by molar-refractivity contribution is 7.89. The summed E-state index contributed by atoms with van der Waals surface area (Å²) < 4.78 is 40.0. The first-order chi connectivity index (χ1) is 8.95. The summed E-state index contributed by atoms with van der Waals surface area (Å²) in [6, 6.07) is 4.23. The van der Waals surface area contributed by atoms with Crippen LogP contribution in [0.5, 0.6) is 0 Å². The van der Waals surface area contributed by atoms with Crippen molar-refractivity contribution in [2.24, 2.45) is 5.92 Å². The van der Waals surface area contributed by atoms with E-state index in [-0.39, 0.29) is 17.3 Å². The Morgan fingerprint density at radius 1 is 1.45 bits per heavy atom. The van der Waals surface area contributed by atoms with Crippen molar-refractivity contribution in [1.29, 1.82) is 0 Å². The highest BCUT2D eigenvalue weighted by Gasteiger charge is 2.33. The van der Waals surface area contributed by atoms with Gasteiger partial charge in [-0.3, -0.25) is 0 Å². The summed E-state index contributed by atoms with van der Waals surface area (Å²) in [5.41, 5.74) is 0.714. The lowest BCUT2D eigenvalue weighted by Crippen LogP contribution is -2.31. The van der Waals surface area contributed by atoms with E-state index in [0.717, 1.165) is 13.0 Å². The fourth-order valence-corrected chi connectivity index (χ4v) is 4.00. The predicted octanol–water partition coefficient (Wildman–Crippen LogP) is 1.79. The highest BCUT2D eigenvalue weighted by Crippen LogP contribution is 2.26. The zero-order valence-corrected chi connectivity index (χ0v) is 13.2. The molecule has 1 saturated heterocycles. The fraction of sp³-hybridized carbons (Fsp3) is 0.538. The largest absolute Gasteiger partial charge is 0.319 e. The van der Waals surface area contributed by atoms with Gasteiger partial charge in [-0.15, -0.1) is 12.4 Å². The molecule has 0 saturated carbocycles. The van der Waals surface area contributed by atoms with E-state index in [9.17, 15) is 12.8 Å². The van der Waals surface area contributed by atoms with Crippen molar-refractivity contribution < 1.29 is 12.8 Å². The molecule has 1 aliphatic heterocycles. The zero-order chi connectivity index (χ0) is 14.0. The first kappa shape index (κ1) is 17.4. The zero-order valence-electron chi connectivity index (χ0n) is 11.6. The maximum absolute atomic E-state index is 13.8. The normalized spacial score (nSPS) is 19.9. The van der Waals surface area contributed by atoms with Crippen molar-refractivity contribution in [3.8, 4) is 0 Å². The molecule has 1 aromatic carbocycles. The van der Waals surface area contributed by atoms with Gasteiger partial charge in [0.15, 0.2) is 0 Å². The summed E-state index contributed by atoms with van der Waals surface area (Å²) >= 11 is 0. The smallest absolute Gasteiger partial charge is 0.245 e. The van der Waals surface area contributed by atoms with Gasteiger partial charge in [0, 0.05) is 13.1 Å².